The molecular formula is C16H10FNO2. The second-order valence-corrected chi connectivity index (χ2v) is 4.29. The van der Waals surface area contributed by atoms with Crippen LogP contribution < -0.4 is 9.47 Å². The molecule has 0 fully saturated rings. The molecule has 4 heteroatoms. The monoisotopic (exact) mass is 267 g/mol. The van der Waals surface area contributed by atoms with Gasteiger partial charge in [0.05, 0.1) is 11.6 Å². The molecule has 2 aromatic carbocycles. The van der Waals surface area contributed by atoms with E-state index in [1.807, 2.05) is 12.1 Å². The van der Waals surface area contributed by atoms with Crippen LogP contribution in [0.25, 0.3) is 11.6 Å². The minimum Gasteiger partial charge on any atom is -0.454 e. The van der Waals surface area contributed by atoms with Crippen molar-refractivity contribution < 1.29 is 13.9 Å². The van der Waals surface area contributed by atoms with E-state index in [0.717, 1.165) is 5.56 Å². The Morgan fingerprint density at radius 3 is 2.60 bits per heavy atom. The second kappa shape index (κ2) is 5.06. The third-order valence-electron chi connectivity index (χ3n) is 2.98. The maximum absolute atomic E-state index is 12.9. The molecule has 1 heterocycles. The van der Waals surface area contributed by atoms with E-state index in [-0.39, 0.29) is 12.6 Å². The summed E-state index contributed by atoms with van der Waals surface area (Å²) in [5.74, 6) is 1.03. The lowest BCUT2D eigenvalue weighted by Crippen LogP contribution is -1.92. The third kappa shape index (κ3) is 2.34. The summed E-state index contributed by atoms with van der Waals surface area (Å²) in [4.78, 5) is 0. The number of nitriles is 1. The molecule has 0 saturated carbocycles. The number of rotatable bonds is 2. The average Bonchev–Trinajstić information content (AvgIpc) is 2.93. The molecule has 0 aliphatic carbocycles. The lowest BCUT2D eigenvalue weighted by molar-refractivity contribution is 0.174. The van der Waals surface area contributed by atoms with E-state index >= 15 is 0 Å². The van der Waals surface area contributed by atoms with E-state index in [1.165, 1.54) is 12.1 Å². The normalized spacial score (nSPS) is 13.1. The first kappa shape index (κ1) is 12.2. The molecule has 20 heavy (non-hydrogen) atoms. The second-order valence-electron chi connectivity index (χ2n) is 4.29. The zero-order valence-electron chi connectivity index (χ0n) is 10.5. The zero-order valence-corrected chi connectivity index (χ0v) is 10.5. The fraction of sp³-hybridized carbons (Fsp3) is 0.0625. The Morgan fingerprint density at radius 2 is 1.85 bits per heavy atom. The number of halogens is 1. The van der Waals surface area contributed by atoms with Crippen LogP contribution in [0.1, 0.15) is 11.1 Å². The van der Waals surface area contributed by atoms with E-state index in [2.05, 4.69) is 6.07 Å². The molecule has 0 saturated heterocycles. The lowest BCUT2D eigenvalue weighted by Gasteiger charge is -2.01. The number of ether oxygens (including phenoxy) is 2. The van der Waals surface area contributed by atoms with Crippen molar-refractivity contribution in [2.75, 3.05) is 6.79 Å². The van der Waals surface area contributed by atoms with Crippen molar-refractivity contribution in [3.63, 3.8) is 0 Å². The van der Waals surface area contributed by atoms with E-state index in [4.69, 9.17) is 9.47 Å². The molecule has 1 aliphatic heterocycles. The van der Waals surface area contributed by atoms with E-state index < -0.39 is 0 Å². The largest absolute Gasteiger partial charge is 0.454 e. The minimum absolute atomic E-state index is 0.214. The first-order chi connectivity index (χ1) is 9.76. The Hall–Kier alpha value is -2.80. The number of hydrogen-bond acceptors (Lipinski definition) is 3. The molecule has 2 aromatic rings. The summed E-state index contributed by atoms with van der Waals surface area (Å²) < 4.78 is 23.4. The molecule has 0 atom stereocenters. The van der Waals surface area contributed by atoms with Gasteiger partial charge in [-0.25, -0.2) is 4.39 Å². The summed E-state index contributed by atoms with van der Waals surface area (Å²) in [5.41, 5.74) is 1.96. The van der Waals surface area contributed by atoms with Gasteiger partial charge in [0.15, 0.2) is 11.5 Å². The SMILES string of the molecule is N#CC(=Cc1ccc2c(c1)OCO2)c1ccc(F)cc1. The predicted molar refractivity (Wildman–Crippen MR) is 72.4 cm³/mol. The van der Waals surface area contributed by atoms with Crippen LogP contribution in [-0.4, -0.2) is 6.79 Å². The van der Waals surface area contributed by atoms with E-state index in [0.29, 0.717) is 22.6 Å². The minimum atomic E-state index is -0.325. The first-order valence-corrected chi connectivity index (χ1v) is 6.03. The highest BCUT2D eigenvalue weighted by atomic mass is 19.1. The molecule has 0 amide bonds. The Morgan fingerprint density at radius 1 is 1.10 bits per heavy atom. The first-order valence-electron chi connectivity index (χ1n) is 6.03. The quantitative estimate of drug-likeness (QED) is 0.616. The third-order valence-corrected chi connectivity index (χ3v) is 2.98. The zero-order chi connectivity index (χ0) is 13.9. The lowest BCUT2D eigenvalue weighted by atomic mass is 10.0. The van der Waals surface area contributed by atoms with Crippen LogP contribution in [0.4, 0.5) is 4.39 Å². The highest BCUT2D eigenvalue weighted by Gasteiger charge is 2.12. The fourth-order valence-corrected chi connectivity index (χ4v) is 1.98. The maximum atomic E-state index is 12.9. The number of nitrogens with zero attached hydrogens (tertiary/aromatic N) is 1. The van der Waals surface area contributed by atoms with E-state index in [1.54, 1.807) is 24.3 Å². The molecular weight excluding hydrogens is 257 g/mol. The number of fused-ring (bicyclic) bond motifs is 1. The Kier molecular flexibility index (Phi) is 3.10. The Labute approximate surface area is 115 Å². The van der Waals surface area contributed by atoms with Gasteiger partial charge in [-0.3, -0.25) is 0 Å². The van der Waals surface area contributed by atoms with Crippen molar-refractivity contribution >= 4 is 11.6 Å². The summed E-state index contributed by atoms with van der Waals surface area (Å²) in [6.07, 6.45) is 1.73. The van der Waals surface area contributed by atoms with Crippen molar-refractivity contribution in [3.8, 4) is 17.6 Å². The van der Waals surface area contributed by atoms with Gasteiger partial charge < -0.3 is 9.47 Å². The summed E-state index contributed by atoms with van der Waals surface area (Å²) in [7, 11) is 0. The standard InChI is InChI=1S/C16H10FNO2/c17-14-4-2-12(3-5-14)13(9-18)7-11-1-6-15-16(8-11)20-10-19-15/h1-8H,10H2. The van der Waals surface area contributed by atoms with Crippen LogP contribution in [0, 0.1) is 17.1 Å². The molecule has 98 valence electrons. The van der Waals surface area contributed by atoms with Gasteiger partial charge in [-0.15, -0.1) is 0 Å². The van der Waals surface area contributed by atoms with Gasteiger partial charge >= 0.3 is 0 Å². The van der Waals surface area contributed by atoms with Gasteiger partial charge in [0, 0.05) is 0 Å². The smallest absolute Gasteiger partial charge is 0.231 e. The molecule has 0 bridgehead atoms. The van der Waals surface area contributed by atoms with Crippen LogP contribution >= 0.6 is 0 Å². The molecule has 0 unspecified atom stereocenters. The Balaban J connectivity index is 1.97. The van der Waals surface area contributed by atoms with Crippen LogP contribution in [-0.2, 0) is 0 Å². The van der Waals surface area contributed by atoms with Gasteiger partial charge in [-0.1, -0.05) is 18.2 Å². The molecule has 0 radical (unpaired) electrons. The van der Waals surface area contributed by atoms with Crippen molar-refractivity contribution in [1.29, 1.82) is 5.26 Å². The van der Waals surface area contributed by atoms with Crippen molar-refractivity contribution in [1.82, 2.24) is 0 Å². The average molecular weight is 267 g/mol. The summed E-state index contributed by atoms with van der Waals surface area (Å²) in [6.45, 7) is 0.214. The van der Waals surface area contributed by atoms with Crippen LogP contribution in [0.15, 0.2) is 42.5 Å². The van der Waals surface area contributed by atoms with Crippen molar-refractivity contribution in [2.24, 2.45) is 0 Å². The summed E-state index contributed by atoms with van der Waals surface area (Å²) in [5, 5.41) is 9.24. The molecule has 0 spiro atoms. The highest BCUT2D eigenvalue weighted by Crippen LogP contribution is 2.33. The van der Waals surface area contributed by atoms with Gasteiger partial charge in [-0.2, -0.15) is 5.26 Å². The topological polar surface area (TPSA) is 42.2 Å². The van der Waals surface area contributed by atoms with Crippen LogP contribution in [0.2, 0.25) is 0 Å². The number of benzene rings is 2. The molecule has 3 nitrogen and oxygen atoms in total. The van der Waals surface area contributed by atoms with Crippen molar-refractivity contribution in [3.05, 3.63) is 59.4 Å². The number of hydrogen-bond donors (Lipinski definition) is 0. The van der Waals surface area contributed by atoms with E-state index in [9.17, 15) is 9.65 Å². The van der Waals surface area contributed by atoms with Gasteiger partial charge in [0.1, 0.15) is 5.82 Å². The fourth-order valence-electron chi connectivity index (χ4n) is 1.98. The van der Waals surface area contributed by atoms with Crippen molar-refractivity contribution in [2.45, 2.75) is 0 Å². The van der Waals surface area contributed by atoms with Crippen LogP contribution in [0.5, 0.6) is 11.5 Å². The molecule has 0 aromatic heterocycles. The number of allylic oxidation sites excluding steroid dienone is 1. The van der Waals surface area contributed by atoms with Gasteiger partial charge in [0.25, 0.3) is 0 Å². The molecule has 0 N–H and O–H groups in total. The molecule has 1 aliphatic rings. The van der Waals surface area contributed by atoms with Gasteiger partial charge in [0.2, 0.25) is 6.79 Å². The van der Waals surface area contributed by atoms with Crippen LogP contribution in [0.3, 0.4) is 0 Å². The Bertz CT molecular complexity index is 714. The van der Waals surface area contributed by atoms with Gasteiger partial charge in [-0.05, 0) is 41.5 Å². The summed E-state index contributed by atoms with van der Waals surface area (Å²) >= 11 is 0. The molecule has 3 rings (SSSR count). The predicted octanol–water partition coefficient (Wildman–Crippen LogP) is 3.62. The summed E-state index contributed by atoms with van der Waals surface area (Å²) in [6, 6.07) is 13.4. The maximum Gasteiger partial charge on any atom is 0.231 e. The highest BCUT2D eigenvalue weighted by molar-refractivity contribution is 5.89.